The van der Waals surface area contributed by atoms with Gasteiger partial charge in [-0.25, -0.2) is 4.39 Å². The molecule has 1 aliphatic rings. The van der Waals surface area contributed by atoms with Crippen molar-refractivity contribution in [1.82, 2.24) is 9.88 Å². The van der Waals surface area contributed by atoms with Crippen LogP contribution in [-0.2, 0) is 12.7 Å². The number of aromatic nitrogens is 1. The van der Waals surface area contributed by atoms with Gasteiger partial charge in [-0.3, -0.25) is 9.88 Å². The summed E-state index contributed by atoms with van der Waals surface area (Å²) in [5.74, 6) is -0.284. The van der Waals surface area contributed by atoms with Crippen LogP contribution in [0.1, 0.15) is 11.3 Å². The maximum absolute atomic E-state index is 13.0. The molecule has 2 aromatic rings. The molecule has 7 heteroatoms. The Morgan fingerprint density at radius 1 is 0.958 bits per heavy atom. The number of alkyl halides is 3. The maximum atomic E-state index is 13.0. The van der Waals surface area contributed by atoms with Gasteiger partial charge in [-0.2, -0.15) is 13.2 Å². The van der Waals surface area contributed by atoms with Crippen LogP contribution in [0.25, 0.3) is 0 Å². The standard InChI is InChI=1S/C17H17F4N3/c18-14-3-5-15(6-4-14)24-10-8-23(9-11-24)12-13-2-1-7-22-16(13)17(19,20)21/h1-7H,8-12H2. The fourth-order valence-electron chi connectivity index (χ4n) is 2.88. The van der Waals surface area contributed by atoms with Crippen molar-refractivity contribution in [2.24, 2.45) is 0 Å². The lowest BCUT2D eigenvalue weighted by Gasteiger charge is -2.36. The summed E-state index contributed by atoms with van der Waals surface area (Å²) in [4.78, 5) is 7.57. The van der Waals surface area contributed by atoms with Gasteiger partial charge in [0.1, 0.15) is 11.5 Å². The zero-order valence-corrected chi connectivity index (χ0v) is 12.9. The van der Waals surface area contributed by atoms with E-state index in [4.69, 9.17) is 0 Å². The summed E-state index contributed by atoms with van der Waals surface area (Å²) in [7, 11) is 0. The van der Waals surface area contributed by atoms with Crippen LogP contribution in [0.3, 0.4) is 0 Å². The van der Waals surface area contributed by atoms with Crippen LogP contribution in [-0.4, -0.2) is 36.1 Å². The molecule has 0 spiro atoms. The van der Waals surface area contributed by atoms with Crippen molar-refractivity contribution in [1.29, 1.82) is 0 Å². The third kappa shape index (κ3) is 3.84. The van der Waals surface area contributed by atoms with E-state index in [-0.39, 0.29) is 17.9 Å². The molecule has 1 aromatic carbocycles. The third-order valence-electron chi connectivity index (χ3n) is 4.12. The predicted octanol–water partition coefficient (Wildman–Crippen LogP) is 3.56. The van der Waals surface area contributed by atoms with E-state index in [1.165, 1.54) is 30.5 Å². The monoisotopic (exact) mass is 339 g/mol. The lowest BCUT2D eigenvalue weighted by molar-refractivity contribution is -0.142. The minimum Gasteiger partial charge on any atom is -0.369 e. The van der Waals surface area contributed by atoms with Gasteiger partial charge in [0.2, 0.25) is 0 Å². The second-order valence-corrected chi connectivity index (χ2v) is 5.75. The van der Waals surface area contributed by atoms with E-state index >= 15 is 0 Å². The van der Waals surface area contributed by atoms with Crippen LogP contribution in [0.5, 0.6) is 0 Å². The highest BCUT2D eigenvalue weighted by Gasteiger charge is 2.35. The molecule has 0 atom stereocenters. The Morgan fingerprint density at radius 2 is 1.62 bits per heavy atom. The molecule has 0 amide bonds. The highest BCUT2D eigenvalue weighted by atomic mass is 19.4. The molecule has 1 fully saturated rings. The minimum absolute atomic E-state index is 0.195. The maximum Gasteiger partial charge on any atom is 0.433 e. The Labute approximate surface area is 137 Å². The highest BCUT2D eigenvalue weighted by Crippen LogP contribution is 2.30. The zero-order chi connectivity index (χ0) is 17.2. The first kappa shape index (κ1) is 16.7. The van der Waals surface area contributed by atoms with Crippen LogP contribution in [0.4, 0.5) is 23.2 Å². The summed E-state index contributed by atoms with van der Waals surface area (Å²) in [6.45, 7) is 2.88. The Balaban J connectivity index is 1.63. The fourth-order valence-corrected chi connectivity index (χ4v) is 2.88. The van der Waals surface area contributed by atoms with Gasteiger partial charge in [0.05, 0.1) is 0 Å². The van der Waals surface area contributed by atoms with Gasteiger partial charge in [-0.15, -0.1) is 0 Å². The topological polar surface area (TPSA) is 19.4 Å². The van der Waals surface area contributed by atoms with Crippen molar-refractivity contribution in [3.05, 3.63) is 59.7 Å². The molecular formula is C17H17F4N3. The molecule has 0 N–H and O–H groups in total. The summed E-state index contributed by atoms with van der Waals surface area (Å²) in [5, 5.41) is 0. The molecule has 1 aliphatic heterocycles. The number of anilines is 1. The molecular weight excluding hydrogens is 322 g/mol. The number of halogens is 4. The highest BCUT2D eigenvalue weighted by molar-refractivity contribution is 5.46. The number of rotatable bonds is 3. The van der Waals surface area contributed by atoms with Crippen LogP contribution < -0.4 is 4.90 Å². The van der Waals surface area contributed by atoms with E-state index in [0.717, 1.165) is 5.69 Å². The van der Waals surface area contributed by atoms with Crippen molar-refractivity contribution >= 4 is 5.69 Å². The minimum atomic E-state index is -4.44. The second kappa shape index (κ2) is 6.76. The number of benzene rings is 1. The fraction of sp³-hybridized carbons (Fsp3) is 0.353. The quantitative estimate of drug-likeness (QED) is 0.797. The SMILES string of the molecule is Fc1ccc(N2CCN(Cc3cccnc3C(F)(F)F)CC2)cc1. The molecule has 2 heterocycles. The molecule has 1 saturated heterocycles. The molecule has 0 saturated carbocycles. The molecule has 0 unspecified atom stereocenters. The molecule has 1 aromatic heterocycles. The van der Waals surface area contributed by atoms with Gasteiger partial charge in [0, 0.05) is 44.6 Å². The van der Waals surface area contributed by atoms with Crippen molar-refractivity contribution in [2.45, 2.75) is 12.7 Å². The summed E-state index contributed by atoms with van der Waals surface area (Å²) in [6, 6.07) is 9.25. The predicted molar refractivity (Wildman–Crippen MR) is 83.1 cm³/mol. The number of hydrogen-bond acceptors (Lipinski definition) is 3. The summed E-state index contributed by atoms with van der Waals surface area (Å²) in [6.07, 6.45) is -3.27. The molecule has 0 aliphatic carbocycles. The Morgan fingerprint density at radius 3 is 2.25 bits per heavy atom. The van der Waals surface area contributed by atoms with Crippen LogP contribution in [0.2, 0.25) is 0 Å². The van der Waals surface area contributed by atoms with E-state index in [2.05, 4.69) is 9.88 Å². The van der Waals surface area contributed by atoms with E-state index < -0.39 is 11.9 Å². The zero-order valence-electron chi connectivity index (χ0n) is 12.9. The molecule has 3 rings (SSSR count). The molecule has 0 radical (unpaired) electrons. The molecule has 24 heavy (non-hydrogen) atoms. The van der Waals surface area contributed by atoms with Gasteiger partial charge in [-0.05, 0) is 35.9 Å². The Bertz CT molecular complexity index is 677. The normalized spacial score (nSPS) is 16.4. The first-order valence-electron chi connectivity index (χ1n) is 7.67. The first-order chi connectivity index (χ1) is 11.4. The van der Waals surface area contributed by atoms with Gasteiger partial charge >= 0.3 is 6.18 Å². The average molecular weight is 339 g/mol. The van der Waals surface area contributed by atoms with Gasteiger partial charge in [0.15, 0.2) is 0 Å². The number of pyridine rings is 1. The van der Waals surface area contributed by atoms with Crippen molar-refractivity contribution in [3.63, 3.8) is 0 Å². The molecule has 128 valence electrons. The van der Waals surface area contributed by atoms with E-state index in [1.807, 2.05) is 4.90 Å². The number of hydrogen-bond donors (Lipinski definition) is 0. The largest absolute Gasteiger partial charge is 0.433 e. The summed E-state index contributed by atoms with van der Waals surface area (Å²) < 4.78 is 52.0. The lowest BCUT2D eigenvalue weighted by atomic mass is 10.1. The van der Waals surface area contributed by atoms with Crippen molar-refractivity contribution < 1.29 is 17.6 Å². The molecule has 0 bridgehead atoms. The van der Waals surface area contributed by atoms with Crippen molar-refractivity contribution in [2.75, 3.05) is 31.1 Å². The molecule has 3 nitrogen and oxygen atoms in total. The second-order valence-electron chi connectivity index (χ2n) is 5.75. The Hall–Kier alpha value is -2.15. The van der Waals surface area contributed by atoms with Crippen LogP contribution in [0, 0.1) is 5.82 Å². The van der Waals surface area contributed by atoms with Crippen LogP contribution >= 0.6 is 0 Å². The number of nitrogens with zero attached hydrogens (tertiary/aromatic N) is 3. The van der Waals surface area contributed by atoms with Crippen LogP contribution in [0.15, 0.2) is 42.6 Å². The summed E-state index contributed by atoms with van der Waals surface area (Å²) >= 11 is 0. The van der Waals surface area contributed by atoms with Gasteiger partial charge in [-0.1, -0.05) is 6.07 Å². The Kier molecular flexibility index (Phi) is 4.71. The lowest BCUT2D eigenvalue weighted by Crippen LogP contribution is -2.46. The summed E-state index contributed by atoms with van der Waals surface area (Å²) in [5.41, 5.74) is 0.305. The van der Waals surface area contributed by atoms with Gasteiger partial charge in [0.25, 0.3) is 0 Å². The van der Waals surface area contributed by atoms with E-state index in [9.17, 15) is 17.6 Å². The van der Waals surface area contributed by atoms with E-state index in [1.54, 1.807) is 12.1 Å². The smallest absolute Gasteiger partial charge is 0.369 e. The third-order valence-corrected chi connectivity index (χ3v) is 4.12. The number of piperazine rings is 1. The van der Waals surface area contributed by atoms with Gasteiger partial charge < -0.3 is 4.90 Å². The van der Waals surface area contributed by atoms with E-state index in [0.29, 0.717) is 26.2 Å². The first-order valence-corrected chi connectivity index (χ1v) is 7.67. The van der Waals surface area contributed by atoms with Crippen molar-refractivity contribution in [3.8, 4) is 0 Å². The average Bonchev–Trinajstić information content (AvgIpc) is 2.56.